The highest BCUT2D eigenvalue weighted by Gasteiger charge is 2.33. The summed E-state index contributed by atoms with van der Waals surface area (Å²) in [5.74, 6) is 0.337. The molecule has 0 aromatic carbocycles. The van der Waals surface area contributed by atoms with Gasteiger partial charge in [0.1, 0.15) is 17.1 Å². The number of fused-ring (bicyclic) bond motifs is 1. The summed E-state index contributed by atoms with van der Waals surface area (Å²) in [6, 6.07) is 0. The molecule has 2 rings (SSSR count). The van der Waals surface area contributed by atoms with E-state index in [2.05, 4.69) is 10.3 Å². The topological polar surface area (TPSA) is 114 Å². The van der Waals surface area contributed by atoms with Crippen molar-refractivity contribution in [3.8, 4) is 0 Å². The van der Waals surface area contributed by atoms with E-state index in [9.17, 15) is 18.0 Å². The average Bonchev–Trinajstić information content (AvgIpc) is 2.93. The van der Waals surface area contributed by atoms with Crippen LogP contribution in [0.25, 0.3) is 0 Å². The van der Waals surface area contributed by atoms with E-state index >= 15 is 0 Å². The second-order valence-corrected chi connectivity index (χ2v) is 9.65. The van der Waals surface area contributed by atoms with Crippen molar-refractivity contribution in [2.75, 3.05) is 46.1 Å². The third-order valence-corrected chi connectivity index (χ3v) is 6.21. The lowest BCUT2D eigenvalue weighted by Crippen LogP contribution is -2.48. The van der Waals surface area contributed by atoms with Gasteiger partial charge in [0.2, 0.25) is 10.0 Å². The number of nitrogens with one attached hydrogen (secondary N) is 1. The van der Waals surface area contributed by atoms with Crippen LogP contribution >= 0.6 is 0 Å². The largest absolute Gasteiger partial charge is 0.366 e. The van der Waals surface area contributed by atoms with Gasteiger partial charge in [-0.15, -0.1) is 0 Å². The SMILES string of the molecule is CCOC(C)(C)C(=O)N1CCc2nc(C(=O)NCCN(C)S(C)(=O)=O)cn2CC1. The number of amides is 2. The van der Waals surface area contributed by atoms with Crippen molar-refractivity contribution in [1.29, 1.82) is 0 Å². The number of hydrogen-bond acceptors (Lipinski definition) is 6. The predicted octanol–water partition coefficient (Wildman–Crippen LogP) is -0.296. The first-order chi connectivity index (χ1) is 13.5. The van der Waals surface area contributed by atoms with E-state index in [1.165, 1.54) is 11.4 Å². The Balaban J connectivity index is 1.94. The second kappa shape index (κ2) is 9.23. The zero-order valence-corrected chi connectivity index (χ0v) is 18.6. The molecular formula is C18H31N5O5S. The summed E-state index contributed by atoms with van der Waals surface area (Å²) in [7, 11) is -1.82. The number of nitrogens with zero attached hydrogens (tertiary/aromatic N) is 4. The van der Waals surface area contributed by atoms with E-state index in [0.29, 0.717) is 32.7 Å². The van der Waals surface area contributed by atoms with Gasteiger partial charge in [0.25, 0.3) is 11.8 Å². The van der Waals surface area contributed by atoms with E-state index in [-0.39, 0.29) is 30.6 Å². The van der Waals surface area contributed by atoms with Gasteiger partial charge in [-0.25, -0.2) is 17.7 Å². The fraction of sp³-hybridized carbons (Fsp3) is 0.722. The maximum Gasteiger partial charge on any atom is 0.271 e. The normalized spacial score (nSPS) is 15.2. The van der Waals surface area contributed by atoms with Crippen LogP contribution in [-0.4, -0.2) is 90.7 Å². The van der Waals surface area contributed by atoms with Gasteiger partial charge in [0.05, 0.1) is 6.26 Å². The first kappa shape index (κ1) is 23.3. The van der Waals surface area contributed by atoms with Crippen molar-refractivity contribution in [2.24, 2.45) is 0 Å². The minimum Gasteiger partial charge on any atom is -0.366 e. The number of sulfonamides is 1. The van der Waals surface area contributed by atoms with Crippen LogP contribution in [0.3, 0.4) is 0 Å². The first-order valence-corrected chi connectivity index (χ1v) is 11.5. The fourth-order valence-corrected chi connectivity index (χ4v) is 3.54. The van der Waals surface area contributed by atoms with Crippen LogP contribution < -0.4 is 5.32 Å². The molecule has 164 valence electrons. The number of rotatable bonds is 8. The smallest absolute Gasteiger partial charge is 0.271 e. The van der Waals surface area contributed by atoms with Crippen molar-refractivity contribution in [3.05, 3.63) is 17.7 Å². The lowest BCUT2D eigenvalue weighted by molar-refractivity contribution is -0.153. The van der Waals surface area contributed by atoms with Crippen LogP contribution in [0.4, 0.5) is 0 Å². The minimum atomic E-state index is -3.28. The fourth-order valence-electron chi connectivity index (χ4n) is 3.12. The lowest BCUT2D eigenvalue weighted by Gasteiger charge is -2.30. The third kappa shape index (κ3) is 6.00. The molecule has 0 bridgehead atoms. The first-order valence-electron chi connectivity index (χ1n) is 9.64. The van der Waals surface area contributed by atoms with Crippen molar-refractivity contribution in [1.82, 2.24) is 24.1 Å². The summed E-state index contributed by atoms with van der Waals surface area (Å²) >= 11 is 0. The van der Waals surface area contributed by atoms with Gasteiger partial charge in [-0.1, -0.05) is 0 Å². The summed E-state index contributed by atoms with van der Waals surface area (Å²) in [6.45, 7) is 7.80. The molecule has 10 nitrogen and oxygen atoms in total. The average molecular weight is 430 g/mol. The molecule has 2 amide bonds. The Morgan fingerprint density at radius 3 is 2.62 bits per heavy atom. The standard InChI is InChI=1S/C18H31N5O5S/c1-6-28-18(2,3)17(25)22-9-7-15-20-14(13-23(15)12-11-22)16(24)19-8-10-21(4)29(5,26)27/h13H,6-12H2,1-5H3,(H,19,24). The Morgan fingerprint density at radius 2 is 2.00 bits per heavy atom. The van der Waals surface area contributed by atoms with Gasteiger partial charge in [0, 0.05) is 59.0 Å². The van der Waals surface area contributed by atoms with Crippen molar-refractivity contribution in [2.45, 2.75) is 39.3 Å². The van der Waals surface area contributed by atoms with E-state index in [1.54, 1.807) is 24.9 Å². The van der Waals surface area contributed by atoms with Crippen molar-refractivity contribution >= 4 is 21.8 Å². The maximum absolute atomic E-state index is 12.7. The summed E-state index contributed by atoms with van der Waals surface area (Å²) in [5, 5.41) is 2.69. The number of imidazole rings is 1. The van der Waals surface area contributed by atoms with Crippen LogP contribution in [0.15, 0.2) is 6.20 Å². The molecule has 1 aliphatic heterocycles. The van der Waals surface area contributed by atoms with Crippen LogP contribution in [-0.2, 0) is 32.5 Å². The molecule has 1 aliphatic rings. The second-order valence-electron chi connectivity index (χ2n) is 7.56. The number of hydrogen-bond donors (Lipinski definition) is 1. The number of carbonyl (C=O) groups is 2. The Hall–Kier alpha value is -1.98. The quantitative estimate of drug-likeness (QED) is 0.607. The number of ether oxygens (including phenoxy) is 1. The predicted molar refractivity (Wildman–Crippen MR) is 108 cm³/mol. The van der Waals surface area contributed by atoms with Gasteiger partial charge >= 0.3 is 0 Å². The molecule has 29 heavy (non-hydrogen) atoms. The number of aromatic nitrogens is 2. The van der Waals surface area contributed by atoms with Gasteiger partial charge in [-0.05, 0) is 20.8 Å². The van der Waals surface area contributed by atoms with E-state index in [1.807, 2.05) is 11.5 Å². The van der Waals surface area contributed by atoms with Gasteiger partial charge in [0.15, 0.2) is 0 Å². The zero-order chi connectivity index (χ0) is 21.8. The van der Waals surface area contributed by atoms with E-state index in [0.717, 1.165) is 12.1 Å². The Kier molecular flexibility index (Phi) is 7.41. The van der Waals surface area contributed by atoms with Gasteiger partial charge in [-0.2, -0.15) is 0 Å². The Bertz CT molecular complexity index is 823. The molecule has 1 aromatic heterocycles. The van der Waals surface area contributed by atoms with Crippen LogP contribution in [0.1, 0.15) is 37.1 Å². The molecule has 0 spiro atoms. The molecule has 2 heterocycles. The van der Waals surface area contributed by atoms with Gasteiger partial charge < -0.3 is 19.5 Å². The summed E-state index contributed by atoms with van der Waals surface area (Å²) in [4.78, 5) is 31.2. The molecule has 0 aliphatic carbocycles. The molecule has 1 aromatic rings. The third-order valence-electron chi connectivity index (χ3n) is 4.89. The summed E-state index contributed by atoms with van der Waals surface area (Å²) < 4.78 is 31.4. The molecule has 0 radical (unpaired) electrons. The highest BCUT2D eigenvalue weighted by molar-refractivity contribution is 7.88. The monoisotopic (exact) mass is 429 g/mol. The number of carbonyl (C=O) groups excluding carboxylic acids is 2. The lowest BCUT2D eigenvalue weighted by atomic mass is 10.1. The van der Waals surface area contributed by atoms with Crippen molar-refractivity contribution < 1.29 is 22.7 Å². The van der Waals surface area contributed by atoms with Crippen molar-refractivity contribution in [3.63, 3.8) is 0 Å². The maximum atomic E-state index is 12.7. The molecule has 1 N–H and O–H groups in total. The van der Waals surface area contributed by atoms with Gasteiger partial charge in [-0.3, -0.25) is 9.59 Å². The molecule has 0 unspecified atom stereocenters. The Morgan fingerprint density at radius 1 is 1.31 bits per heavy atom. The van der Waals surface area contributed by atoms with Crippen LogP contribution in [0.5, 0.6) is 0 Å². The highest BCUT2D eigenvalue weighted by atomic mass is 32.2. The zero-order valence-electron chi connectivity index (χ0n) is 17.8. The molecule has 0 saturated carbocycles. The summed E-state index contributed by atoms with van der Waals surface area (Å²) in [5.41, 5.74) is -0.581. The Labute approximate surface area is 172 Å². The molecule has 0 fully saturated rings. The highest BCUT2D eigenvalue weighted by Crippen LogP contribution is 2.17. The van der Waals surface area contributed by atoms with E-state index < -0.39 is 15.6 Å². The molecule has 11 heteroatoms. The number of likely N-dealkylation sites (N-methyl/N-ethyl adjacent to an activating group) is 1. The molecule has 0 saturated heterocycles. The summed E-state index contributed by atoms with van der Waals surface area (Å²) in [6.07, 6.45) is 3.33. The molecule has 0 atom stereocenters. The van der Waals surface area contributed by atoms with Crippen LogP contribution in [0.2, 0.25) is 0 Å². The molecular weight excluding hydrogens is 398 g/mol. The minimum absolute atomic E-state index is 0.0573. The van der Waals surface area contributed by atoms with Crippen LogP contribution in [0, 0.1) is 0 Å². The van der Waals surface area contributed by atoms with E-state index in [4.69, 9.17) is 4.74 Å².